The van der Waals surface area contributed by atoms with Crippen molar-refractivity contribution in [2.75, 3.05) is 18.5 Å². The van der Waals surface area contributed by atoms with Crippen LogP contribution in [0.3, 0.4) is 0 Å². The van der Waals surface area contributed by atoms with Crippen LogP contribution in [-0.4, -0.2) is 66.7 Å². The van der Waals surface area contributed by atoms with Crippen molar-refractivity contribution in [1.82, 2.24) is 29.4 Å². The van der Waals surface area contributed by atoms with Crippen molar-refractivity contribution < 1.29 is 27.8 Å². The lowest BCUT2D eigenvalue weighted by molar-refractivity contribution is -0.0593. The molecular weight excluding hydrogens is 620 g/mol. The highest BCUT2D eigenvalue weighted by Gasteiger charge is 2.30. The molecule has 248 valence electrons. The first-order chi connectivity index (χ1) is 23.4. The summed E-state index contributed by atoms with van der Waals surface area (Å²) in [5, 5.41) is 2.91. The maximum atomic E-state index is 13.9. The smallest absolute Gasteiger partial charge is 0.255 e. The molecule has 0 bridgehead atoms. The number of benzene rings is 2. The minimum Gasteiger partial charge on any atom is -0.483 e. The van der Waals surface area contributed by atoms with Gasteiger partial charge in [-0.15, -0.1) is 0 Å². The zero-order valence-electron chi connectivity index (χ0n) is 26.4. The third kappa shape index (κ3) is 7.26. The van der Waals surface area contributed by atoms with Crippen LogP contribution in [0.2, 0.25) is 0 Å². The Labute approximate surface area is 275 Å². The molecule has 2 saturated heterocycles. The fraction of sp³-hybridized carbons (Fsp3) is 0.343. The molecule has 1 amide bonds. The molecule has 2 fully saturated rings. The number of rotatable bonds is 11. The van der Waals surface area contributed by atoms with E-state index in [2.05, 4.69) is 36.7 Å². The number of hydrogen-bond donors (Lipinski definition) is 1. The average molecular weight is 656 g/mol. The van der Waals surface area contributed by atoms with E-state index in [9.17, 15) is 13.6 Å². The number of pyridine rings is 1. The van der Waals surface area contributed by atoms with Crippen LogP contribution < -0.4 is 14.8 Å². The minimum atomic E-state index is -0.788. The summed E-state index contributed by atoms with van der Waals surface area (Å²) in [5.74, 6) is -0.0778. The van der Waals surface area contributed by atoms with E-state index in [1.807, 2.05) is 12.1 Å². The molecule has 1 N–H and O–H groups in total. The SMILES string of the molecule is C[C@H]1C[C@@H](Oc2ccnc(COc3ccc(F)cc3F)n2)CCN1Cc1nc2ccc(C(=O)Nc3cccnc3)cc2n1C[C@@H]1CCO1. The molecule has 3 aromatic heterocycles. The van der Waals surface area contributed by atoms with Crippen LogP contribution in [0.15, 0.2) is 73.2 Å². The van der Waals surface area contributed by atoms with E-state index in [1.165, 1.54) is 6.07 Å². The van der Waals surface area contributed by atoms with Crippen molar-refractivity contribution in [1.29, 1.82) is 0 Å². The van der Waals surface area contributed by atoms with Gasteiger partial charge in [-0.05, 0) is 68.7 Å². The summed E-state index contributed by atoms with van der Waals surface area (Å²) in [4.78, 5) is 33.2. The monoisotopic (exact) mass is 655 g/mol. The lowest BCUT2D eigenvalue weighted by atomic mass is 10.0. The van der Waals surface area contributed by atoms with Gasteiger partial charge in [-0.25, -0.2) is 18.7 Å². The third-order valence-electron chi connectivity index (χ3n) is 8.72. The molecule has 2 aliphatic heterocycles. The average Bonchev–Trinajstić information content (AvgIpc) is 3.40. The first-order valence-electron chi connectivity index (χ1n) is 16.0. The highest BCUT2D eigenvalue weighted by Crippen LogP contribution is 2.27. The van der Waals surface area contributed by atoms with E-state index < -0.39 is 11.6 Å². The molecule has 2 aromatic carbocycles. The van der Waals surface area contributed by atoms with Gasteiger partial charge in [-0.2, -0.15) is 4.98 Å². The quantitative estimate of drug-likeness (QED) is 0.196. The zero-order chi connectivity index (χ0) is 33.0. The van der Waals surface area contributed by atoms with Crippen molar-refractivity contribution in [3.63, 3.8) is 0 Å². The van der Waals surface area contributed by atoms with Crippen molar-refractivity contribution in [2.24, 2.45) is 0 Å². The molecule has 0 aliphatic carbocycles. The van der Waals surface area contributed by atoms with E-state index >= 15 is 0 Å². The number of anilines is 1. The second-order valence-electron chi connectivity index (χ2n) is 12.1. The number of aromatic nitrogens is 5. The zero-order valence-corrected chi connectivity index (χ0v) is 26.4. The topological polar surface area (TPSA) is 117 Å². The maximum absolute atomic E-state index is 13.9. The Morgan fingerprint density at radius 2 is 1.98 bits per heavy atom. The molecule has 5 aromatic rings. The summed E-state index contributed by atoms with van der Waals surface area (Å²) in [6, 6.07) is 14.2. The number of amides is 1. The Morgan fingerprint density at radius 3 is 2.75 bits per heavy atom. The molecule has 3 atom stereocenters. The second kappa shape index (κ2) is 14.0. The number of nitrogens with zero attached hydrogens (tertiary/aromatic N) is 6. The molecule has 0 radical (unpaired) electrons. The molecule has 2 aliphatic rings. The normalized spacial score (nSPS) is 19.5. The number of nitrogens with one attached hydrogen (secondary N) is 1. The summed E-state index contributed by atoms with van der Waals surface area (Å²) in [7, 11) is 0. The minimum absolute atomic E-state index is 0.0578. The van der Waals surface area contributed by atoms with Crippen molar-refractivity contribution >= 4 is 22.6 Å². The predicted molar refractivity (Wildman–Crippen MR) is 173 cm³/mol. The van der Waals surface area contributed by atoms with Crippen LogP contribution in [0.1, 0.15) is 48.2 Å². The molecule has 7 rings (SSSR count). The molecule has 48 heavy (non-hydrogen) atoms. The van der Waals surface area contributed by atoms with Gasteiger partial charge in [0.25, 0.3) is 5.91 Å². The number of halogens is 2. The number of carbonyl (C=O) groups is 1. The van der Waals surface area contributed by atoms with Gasteiger partial charge in [-0.3, -0.25) is 14.7 Å². The van der Waals surface area contributed by atoms with Gasteiger partial charge in [0.2, 0.25) is 5.88 Å². The summed E-state index contributed by atoms with van der Waals surface area (Å²) in [6.07, 6.45) is 7.46. The fourth-order valence-electron chi connectivity index (χ4n) is 6.03. The molecule has 0 spiro atoms. The summed E-state index contributed by atoms with van der Waals surface area (Å²) in [6.45, 7) is 4.94. The van der Waals surface area contributed by atoms with Gasteiger partial charge in [-0.1, -0.05) is 0 Å². The van der Waals surface area contributed by atoms with Gasteiger partial charge in [0.15, 0.2) is 17.4 Å². The van der Waals surface area contributed by atoms with Crippen molar-refractivity contribution in [3.8, 4) is 11.6 Å². The Kier molecular flexibility index (Phi) is 9.21. The van der Waals surface area contributed by atoms with E-state index in [4.69, 9.17) is 19.2 Å². The van der Waals surface area contributed by atoms with Crippen molar-refractivity contribution in [3.05, 3.63) is 102 Å². The highest BCUT2D eigenvalue weighted by molar-refractivity contribution is 6.05. The number of ether oxygens (including phenoxy) is 3. The van der Waals surface area contributed by atoms with Crippen LogP contribution in [0.4, 0.5) is 14.5 Å². The lowest BCUT2D eigenvalue weighted by Crippen LogP contribution is -2.44. The van der Waals surface area contributed by atoms with Gasteiger partial charge in [0, 0.05) is 49.3 Å². The molecular formula is C35H35F2N7O4. The maximum Gasteiger partial charge on any atom is 0.255 e. The summed E-state index contributed by atoms with van der Waals surface area (Å²) >= 11 is 0. The summed E-state index contributed by atoms with van der Waals surface area (Å²) in [5.41, 5.74) is 2.91. The second-order valence-corrected chi connectivity index (χ2v) is 12.1. The first kappa shape index (κ1) is 31.6. The molecule has 0 saturated carbocycles. The van der Waals surface area contributed by atoms with Crippen LogP contribution in [-0.2, 0) is 24.4 Å². The van der Waals surface area contributed by atoms with Crippen molar-refractivity contribution in [2.45, 2.75) is 64.1 Å². The predicted octanol–water partition coefficient (Wildman–Crippen LogP) is 5.55. The summed E-state index contributed by atoms with van der Waals surface area (Å²) < 4.78 is 46.8. The van der Waals surface area contributed by atoms with E-state index in [1.54, 1.807) is 42.9 Å². The molecule has 0 unspecified atom stereocenters. The number of fused-ring (bicyclic) bond motifs is 1. The third-order valence-corrected chi connectivity index (χ3v) is 8.72. The van der Waals surface area contributed by atoms with Crippen LogP contribution in [0, 0.1) is 11.6 Å². The van der Waals surface area contributed by atoms with Crippen LogP contribution >= 0.6 is 0 Å². The number of imidazole rings is 1. The van der Waals surface area contributed by atoms with Crippen LogP contribution in [0.25, 0.3) is 11.0 Å². The lowest BCUT2D eigenvalue weighted by Gasteiger charge is -2.37. The molecule has 5 heterocycles. The Bertz CT molecular complexity index is 1900. The van der Waals surface area contributed by atoms with E-state index in [-0.39, 0.29) is 36.5 Å². The van der Waals surface area contributed by atoms with Gasteiger partial charge >= 0.3 is 0 Å². The highest BCUT2D eigenvalue weighted by atomic mass is 19.1. The first-order valence-corrected chi connectivity index (χ1v) is 16.0. The number of hydrogen-bond acceptors (Lipinski definition) is 9. The van der Waals surface area contributed by atoms with Gasteiger partial charge < -0.3 is 24.1 Å². The molecule has 13 heteroatoms. The van der Waals surface area contributed by atoms with E-state index in [0.29, 0.717) is 36.0 Å². The van der Waals surface area contributed by atoms with Crippen LogP contribution in [0.5, 0.6) is 11.6 Å². The number of likely N-dealkylation sites (tertiary alicyclic amines) is 1. The number of piperidine rings is 1. The Morgan fingerprint density at radius 1 is 1.08 bits per heavy atom. The Hall–Kier alpha value is -5.01. The number of carbonyl (C=O) groups excluding carboxylic acids is 1. The Balaban J connectivity index is 1.00. The largest absolute Gasteiger partial charge is 0.483 e. The fourth-order valence-corrected chi connectivity index (χ4v) is 6.03. The standard InChI is InChI=1S/C35H35F2N7O4/c1-22-15-26(48-34-8-12-39-32(42-34)21-47-31-7-5-24(36)17-28(31)37)9-13-43(22)20-33-41-29-6-4-23(35(45)40-25-3-2-11-38-18-25)16-30(29)44(33)19-27-10-14-46-27/h2-8,11-12,16-18,22,26-27H,9-10,13-15,19-21H2,1H3,(H,40,45)/t22-,26-,27-/m0/s1. The van der Waals surface area contributed by atoms with Gasteiger partial charge in [0.05, 0.1) is 42.1 Å². The van der Waals surface area contributed by atoms with E-state index in [0.717, 1.165) is 61.4 Å². The van der Waals surface area contributed by atoms with Gasteiger partial charge in [0.1, 0.15) is 24.4 Å². The molecule has 11 nitrogen and oxygen atoms in total.